The number of aliphatic imine (C=N–C) groups is 1. The largest absolute Gasteiger partial charge is 0.364 e. The zero-order valence-corrected chi connectivity index (χ0v) is 15.8. The fourth-order valence-electron chi connectivity index (χ4n) is 2.92. The van der Waals surface area contributed by atoms with Crippen LogP contribution in [0.5, 0.6) is 0 Å². The summed E-state index contributed by atoms with van der Waals surface area (Å²) in [4.78, 5) is 10.4. The van der Waals surface area contributed by atoms with Crippen LogP contribution in [-0.4, -0.2) is 44.6 Å². The van der Waals surface area contributed by atoms with Gasteiger partial charge in [0.25, 0.3) is 0 Å². The van der Waals surface area contributed by atoms with Crippen LogP contribution >= 0.6 is 11.3 Å². The summed E-state index contributed by atoms with van der Waals surface area (Å²) in [5.41, 5.74) is 2.55. The van der Waals surface area contributed by atoms with E-state index >= 15 is 0 Å². The van der Waals surface area contributed by atoms with E-state index in [4.69, 9.17) is 0 Å². The molecular weight excluding hydrogens is 328 g/mol. The minimum atomic E-state index is 0.786. The highest BCUT2D eigenvalue weighted by Gasteiger charge is 2.08. The molecular formula is C20H26N4S. The maximum atomic E-state index is 4.40. The quantitative estimate of drug-likeness (QED) is 0.490. The highest BCUT2D eigenvalue weighted by atomic mass is 32.1. The average molecular weight is 355 g/mol. The SMILES string of the molecule is CN=C(NCc1ccc(N2CC=CC2)cc1)N(C)CCc1cccs1. The summed E-state index contributed by atoms with van der Waals surface area (Å²) in [6, 6.07) is 13.1. The van der Waals surface area contributed by atoms with Crippen molar-refractivity contribution in [3.05, 3.63) is 64.4 Å². The van der Waals surface area contributed by atoms with Crippen molar-refractivity contribution in [2.75, 3.05) is 38.6 Å². The van der Waals surface area contributed by atoms with Crippen LogP contribution in [0.4, 0.5) is 5.69 Å². The maximum absolute atomic E-state index is 4.40. The Labute approximate surface area is 154 Å². The third kappa shape index (κ3) is 4.86. The highest BCUT2D eigenvalue weighted by molar-refractivity contribution is 7.09. The number of benzene rings is 1. The van der Waals surface area contributed by atoms with E-state index in [2.05, 4.69) is 81.1 Å². The van der Waals surface area contributed by atoms with E-state index in [9.17, 15) is 0 Å². The molecule has 25 heavy (non-hydrogen) atoms. The number of guanidine groups is 1. The molecule has 132 valence electrons. The van der Waals surface area contributed by atoms with Gasteiger partial charge in [0.1, 0.15) is 0 Å². The molecule has 1 aromatic heterocycles. The molecule has 0 amide bonds. The lowest BCUT2D eigenvalue weighted by Crippen LogP contribution is -2.39. The minimum Gasteiger partial charge on any atom is -0.364 e. The Balaban J connectivity index is 1.48. The first-order valence-corrected chi connectivity index (χ1v) is 9.57. The lowest BCUT2D eigenvalue weighted by Gasteiger charge is -2.22. The van der Waals surface area contributed by atoms with E-state index in [1.807, 2.05) is 18.4 Å². The summed E-state index contributed by atoms with van der Waals surface area (Å²) in [5.74, 6) is 0.935. The molecule has 4 nitrogen and oxygen atoms in total. The lowest BCUT2D eigenvalue weighted by atomic mass is 10.2. The molecule has 0 radical (unpaired) electrons. The predicted molar refractivity (Wildman–Crippen MR) is 109 cm³/mol. The normalized spacial score (nSPS) is 14.2. The molecule has 3 rings (SSSR count). The molecule has 1 aliphatic heterocycles. The average Bonchev–Trinajstić information content (AvgIpc) is 3.35. The molecule has 1 aliphatic rings. The molecule has 0 spiro atoms. The molecule has 0 bridgehead atoms. The van der Waals surface area contributed by atoms with Gasteiger partial charge < -0.3 is 15.1 Å². The Bertz CT molecular complexity index is 696. The van der Waals surface area contributed by atoms with Gasteiger partial charge in [0.05, 0.1) is 0 Å². The number of nitrogens with one attached hydrogen (secondary N) is 1. The van der Waals surface area contributed by atoms with E-state index in [-0.39, 0.29) is 0 Å². The molecule has 0 saturated carbocycles. The van der Waals surface area contributed by atoms with Crippen molar-refractivity contribution in [2.24, 2.45) is 4.99 Å². The van der Waals surface area contributed by atoms with Gasteiger partial charge in [0.2, 0.25) is 0 Å². The summed E-state index contributed by atoms with van der Waals surface area (Å²) < 4.78 is 0. The van der Waals surface area contributed by atoms with Gasteiger partial charge in [-0.2, -0.15) is 0 Å². The van der Waals surface area contributed by atoms with Gasteiger partial charge in [-0.15, -0.1) is 11.3 Å². The topological polar surface area (TPSA) is 30.9 Å². The van der Waals surface area contributed by atoms with Gasteiger partial charge in [0, 0.05) is 50.8 Å². The highest BCUT2D eigenvalue weighted by Crippen LogP contribution is 2.17. The Kier molecular flexibility index (Phi) is 6.12. The fraction of sp³-hybridized carbons (Fsp3) is 0.350. The molecule has 0 saturated heterocycles. The number of anilines is 1. The monoisotopic (exact) mass is 354 g/mol. The molecule has 0 atom stereocenters. The maximum Gasteiger partial charge on any atom is 0.193 e. The first-order valence-electron chi connectivity index (χ1n) is 8.69. The van der Waals surface area contributed by atoms with Crippen LogP contribution in [-0.2, 0) is 13.0 Å². The second kappa shape index (κ2) is 8.72. The summed E-state index contributed by atoms with van der Waals surface area (Å²) in [6.07, 6.45) is 5.48. The Morgan fingerprint density at radius 2 is 1.96 bits per heavy atom. The Morgan fingerprint density at radius 1 is 1.20 bits per heavy atom. The van der Waals surface area contributed by atoms with E-state index in [1.54, 1.807) is 0 Å². The van der Waals surface area contributed by atoms with Crippen molar-refractivity contribution >= 4 is 23.0 Å². The Morgan fingerprint density at radius 3 is 2.60 bits per heavy atom. The summed E-state index contributed by atoms with van der Waals surface area (Å²) in [5, 5.41) is 5.59. The van der Waals surface area contributed by atoms with E-state index in [0.717, 1.165) is 38.6 Å². The van der Waals surface area contributed by atoms with Crippen LogP contribution in [0.25, 0.3) is 0 Å². The fourth-order valence-corrected chi connectivity index (χ4v) is 3.62. The molecule has 1 N–H and O–H groups in total. The predicted octanol–water partition coefficient (Wildman–Crippen LogP) is 3.37. The first-order chi connectivity index (χ1) is 12.3. The van der Waals surface area contributed by atoms with Crippen LogP contribution in [0.3, 0.4) is 0 Å². The third-order valence-corrected chi connectivity index (χ3v) is 5.35. The molecule has 5 heteroatoms. The van der Waals surface area contributed by atoms with Crippen molar-refractivity contribution in [1.29, 1.82) is 0 Å². The van der Waals surface area contributed by atoms with E-state index in [0.29, 0.717) is 0 Å². The second-order valence-electron chi connectivity index (χ2n) is 6.19. The van der Waals surface area contributed by atoms with Crippen molar-refractivity contribution in [3.8, 4) is 0 Å². The van der Waals surface area contributed by atoms with Crippen LogP contribution in [0.2, 0.25) is 0 Å². The zero-order valence-electron chi connectivity index (χ0n) is 15.0. The minimum absolute atomic E-state index is 0.786. The molecule has 0 aliphatic carbocycles. The van der Waals surface area contributed by atoms with Crippen LogP contribution in [0.1, 0.15) is 10.4 Å². The molecule has 0 unspecified atom stereocenters. The van der Waals surface area contributed by atoms with Crippen LogP contribution in [0, 0.1) is 0 Å². The number of hydrogen-bond acceptors (Lipinski definition) is 3. The van der Waals surface area contributed by atoms with E-state index < -0.39 is 0 Å². The second-order valence-corrected chi connectivity index (χ2v) is 7.23. The van der Waals surface area contributed by atoms with Gasteiger partial charge in [-0.25, -0.2) is 0 Å². The lowest BCUT2D eigenvalue weighted by molar-refractivity contribution is 0.486. The molecule has 1 aromatic carbocycles. The van der Waals surface area contributed by atoms with Gasteiger partial charge in [-0.05, 0) is 35.6 Å². The van der Waals surface area contributed by atoms with Gasteiger partial charge in [-0.1, -0.05) is 30.4 Å². The summed E-state index contributed by atoms with van der Waals surface area (Å²) in [6.45, 7) is 3.77. The third-order valence-electron chi connectivity index (χ3n) is 4.42. The number of nitrogens with zero attached hydrogens (tertiary/aromatic N) is 3. The van der Waals surface area contributed by atoms with Crippen molar-refractivity contribution < 1.29 is 0 Å². The number of thiophene rings is 1. The smallest absolute Gasteiger partial charge is 0.193 e. The van der Waals surface area contributed by atoms with Gasteiger partial charge in [0.15, 0.2) is 5.96 Å². The zero-order chi connectivity index (χ0) is 17.5. The van der Waals surface area contributed by atoms with Crippen molar-refractivity contribution in [3.63, 3.8) is 0 Å². The summed E-state index contributed by atoms with van der Waals surface area (Å²) >= 11 is 1.81. The first kappa shape index (κ1) is 17.5. The van der Waals surface area contributed by atoms with Crippen molar-refractivity contribution in [1.82, 2.24) is 10.2 Å². The van der Waals surface area contributed by atoms with Gasteiger partial charge >= 0.3 is 0 Å². The molecule has 2 aromatic rings. The number of likely N-dealkylation sites (N-methyl/N-ethyl adjacent to an activating group) is 1. The summed E-state index contributed by atoms with van der Waals surface area (Å²) in [7, 11) is 3.93. The molecule has 2 heterocycles. The Hall–Kier alpha value is -2.27. The van der Waals surface area contributed by atoms with Crippen molar-refractivity contribution in [2.45, 2.75) is 13.0 Å². The van der Waals surface area contributed by atoms with E-state index in [1.165, 1.54) is 16.1 Å². The van der Waals surface area contributed by atoms with Crippen LogP contribution in [0.15, 0.2) is 58.9 Å². The number of rotatable bonds is 6. The number of hydrogen-bond donors (Lipinski definition) is 1. The standard InChI is InChI=1S/C20H26N4S/c1-21-20(23(2)14-11-19-6-5-15-25-19)22-16-17-7-9-18(10-8-17)24-12-3-4-13-24/h3-10,15H,11-14,16H2,1-2H3,(H,21,22). The van der Waals surface area contributed by atoms with Crippen LogP contribution < -0.4 is 10.2 Å². The van der Waals surface area contributed by atoms with Gasteiger partial charge in [-0.3, -0.25) is 4.99 Å². The molecule has 0 fully saturated rings.